The van der Waals surface area contributed by atoms with Gasteiger partial charge in [0.05, 0.1) is 22.5 Å². The van der Waals surface area contributed by atoms with E-state index in [9.17, 15) is 14.4 Å². The third kappa shape index (κ3) is 4.65. The van der Waals surface area contributed by atoms with E-state index in [1.165, 1.54) is 11.3 Å². The number of piperidine rings is 1. The molecule has 1 fully saturated rings. The lowest BCUT2D eigenvalue weighted by molar-refractivity contribution is -0.120. The molecule has 0 aromatic carbocycles. The Morgan fingerprint density at radius 1 is 1.21 bits per heavy atom. The van der Waals surface area contributed by atoms with Gasteiger partial charge in [-0.1, -0.05) is 0 Å². The van der Waals surface area contributed by atoms with E-state index in [4.69, 9.17) is 5.26 Å². The Labute approximate surface area is 192 Å². The van der Waals surface area contributed by atoms with Crippen LogP contribution in [0.3, 0.4) is 0 Å². The molecular weight excluding hydrogens is 446 g/mol. The summed E-state index contributed by atoms with van der Waals surface area (Å²) in [4.78, 5) is 42.6. The Balaban J connectivity index is 1.36. The van der Waals surface area contributed by atoms with Crippen molar-refractivity contribution in [3.05, 3.63) is 39.2 Å². The van der Waals surface area contributed by atoms with Crippen molar-refractivity contribution in [2.24, 2.45) is 0 Å². The van der Waals surface area contributed by atoms with E-state index in [0.717, 1.165) is 10.7 Å². The number of thiazole rings is 1. The molecule has 3 aromatic rings. The number of fused-ring (bicyclic) bond motifs is 1. The van der Waals surface area contributed by atoms with Gasteiger partial charge in [0.2, 0.25) is 0 Å². The van der Waals surface area contributed by atoms with Gasteiger partial charge in [0.25, 0.3) is 17.7 Å². The molecule has 0 bridgehead atoms. The van der Waals surface area contributed by atoms with Gasteiger partial charge in [-0.2, -0.15) is 10.4 Å². The molecule has 0 atom stereocenters. The van der Waals surface area contributed by atoms with Crippen molar-refractivity contribution in [1.82, 2.24) is 40.5 Å². The minimum atomic E-state index is -0.597. The molecule has 3 amide bonds. The maximum Gasteiger partial charge on any atom is 0.289 e. The van der Waals surface area contributed by atoms with E-state index in [1.807, 2.05) is 13.0 Å². The second-order valence-corrected chi connectivity index (χ2v) is 8.55. The molecule has 3 aromatic heterocycles. The highest BCUT2D eigenvalue weighted by Gasteiger charge is 2.29. The molecule has 4 heterocycles. The maximum absolute atomic E-state index is 13.0. The molecule has 33 heavy (non-hydrogen) atoms. The second kappa shape index (κ2) is 9.29. The summed E-state index contributed by atoms with van der Waals surface area (Å²) in [5, 5.41) is 23.5. The zero-order valence-corrected chi connectivity index (χ0v) is 18.8. The van der Waals surface area contributed by atoms with Crippen molar-refractivity contribution in [3.8, 4) is 6.07 Å². The summed E-state index contributed by atoms with van der Waals surface area (Å²) in [5.41, 5.74) is 6.95. The summed E-state index contributed by atoms with van der Waals surface area (Å²) in [6, 6.07) is 3.50. The number of hydrogen-bond acceptors (Lipinski definition) is 9. The SMILES string of the molecule is Cc1cc2nnc(C(=O)N3CCC(c4nc(C(=O)NNC(=O)CC#N)cs4)CC3)c(C)n2n1. The number of amides is 3. The fourth-order valence-electron chi connectivity index (χ4n) is 3.64. The van der Waals surface area contributed by atoms with Gasteiger partial charge in [-0.15, -0.1) is 21.5 Å². The first-order valence-corrected chi connectivity index (χ1v) is 11.2. The molecular formula is C20H21N9O3S. The third-order valence-electron chi connectivity index (χ3n) is 5.37. The normalized spacial score (nSPS) is 14.2. The highest BCUT2D eigenvalue weighted by Crippen LogP contribution is 2.31. The zero-order valence-electron chi connectivity index (χ0n) is 18.0. The van der Waals surface area contributed by atoms with E-state index < -0.39 is 11.8 Å². The van der Waals surface area contributed by atoms with Gasteiger partial charge in [0.15, 0.2) is 11.3 Å². The molecule has 0 unspecified atom stereocenters. The largest absolute Gasteiger partial charge is 0.337 e. The smallest absolute Gasteiger partial charge is 0.289 e. The summed E-state index contributed by atoms with van der Waals surface area (Å²) >= 11 is 1.37. The van der Waals surface area contributed by atoms with Crippen LogP contribution in [0.2, 0.25) is 0 Å². The summed E-state index contributed by atoms with van der Waals surface area (Å²) in [6.07, 6.45) is 1.06. The fraction of sp³-hybridized carbons (Fsp3) is 0.400. The predicted octanol–water partition coefficient (Wildman–Crippen LogP) is 0.892. The van der Waals surface area contributed by atoms with Crippen LogP contribution in [-0.2, 0) is 4.79 Å². The molecule has 12 nitrogen and oxygen atoms in total. The number of likely N-dealkylation sites (tertiary alicyclic amines) is 1. The van der Waals surface area contributed by atoms with Crippen LogP contribution < -0.4 is 10.9 Å². The minimum Gasteiger partial charge on any atom is -0.337 e. The summed E-state index contributed by atoms with van der Waals surface area (Å²) in [7, 11) is 0. The number of nitriles is 1. The predicted molar refractivity (Wildman–Crippen MR) is 116 cm³/mol. The van der Waals surface area contributed by atoms with E-state index in [2.05, 4.69) is 31.1 Å². The topological polar surface area (TPSA) is 158 Å². The van der Waals surface area contributed by atoms with Crippen LogP contribution in [0.5, 0.6) is 0 Å². The number of aryl methyl sites for hydroxylation is 2. The molecule has 0 saturated carbocycles. The molecule has 0 radical (unpaired) electrons. The molecule has 2 N–H and O–H groups in total. The standard InChI is InChI=1S/C20H21N9O3S/c1-11-9-15-23-25-17(12(2)29(15)27-11)20(32)28-7-4-13(5-8-28)19-22-14(10-33-19)18(31)26-24-16(30)3-6-21/h9-10,13H,3-5,7-8H2,1-2H3,(H,24,30)(H,26,31). The summed E-state index contributed by atoms with van der Waals surface area (Å²) in [6.45, 7) is 4.73. The number of nitrogens with zero attached hydrogens (tertiary/aromatic N) is 7. The number of rotatable bonds is 4. The lowest BCUT2D eigenvalue weighted by atomic mass is 9.97. The number of aromatic nitrogens is 5. The van der Waals surface area contributed by atoms with Crippen LogP contribution in [-0.4, -0.2) is 60.5 Å². The first-order valence-electron chi connectivity index (χ1n) is 10.3. The Hall–Kier alpha value is -3.92. The number of hydrazine groups is 1. The van der Waals surface area contributed by atoms with Crippen LogP contribution in [0, 0.1) is 25.2 Å². The second-order valence-electron chi connectivity index (χ2n) is 7.66. The lowest BCUT2D eigenvalue weighted by Crippen LogP contribution is -2.41. The van der Waals surface area contributed by atoms with Crippen molar-refractivity contribution in [2.45, 2.75) is 39.0 Å². The van der Waals surface area contributed by atoms with Gasteiger partial charge in [0, 0.05) is 30.5 Å². The van der Waals surface area contributed by atoms with Crippen LogP contribution >= 0.6 is 11.3 Å². The molecule has 1 saturated heterocycles. The van der Waals surface area contributed by atoms with Gasteiger partial charge in [-0.3, -0.25) is 25.2 Å². The number of carbonyl (C=O) groups is 3. The highest BCUT2D eigenvalue weighted by molar-refractivity contribution is 7.09. The molecule has 0 spiro atoms. The fourth-order valence-corrected chi connectivity index (χ4v) is 4.61. The van der Waals surface area contributed by atoms with Gasteiger partial charge < -0.3 is 4.90 Å². The van der Waals surface area contributed by atoms with Crippen LogP contribution in [0.25, 0.3) is 5.65 Å². The van der Waals surface area contributed by atoms with E-state index in [-0.39, 0.29) is 29.6 Å². The Bertz CT molecular complexity index is 1270. The quantitative estimate of drug-likeness (QED) is 0.535. The molecule has 170 valence electrons. The Morgan fingerprint density at radius 2 is 1.97 bits per heavy atom. The summed E-state index contributed by atoms with van der Waals surface area (Å²) in [5.74, 6) is -1.20. The monoisotopic (exact) mass is 467 g/mol. The van der Waals surface area contributed by atoms with E-state index in [1.54, 1.807) is 27.8 Å². The van der Waals surface area contributed by atoms with Gasteiger partial charge >= 0.3 is 0 Å². The molecule has 13 heteroatoms. The average Bonchev–Trinajstić information content (AvgIpc) is 3.45. The van der Waals surface area contributed by atoms with Crippen molar-refractivity contribution in [1.29, 1.82) is 5.26 Å². The first-order chi connectivity index (χ1) is 15.9. The minimum absolute atomic E-state index is 0.122. The Kier molecular flexibility index (Phi) is 6.27. The van der Waals surface area contributed by atoms with Gasteiger partial charge in [0.1, 0.15) is 12.1 Å². The van der Waals surface area contributed by atoms with Gasteiger partial charge in [-0.05, 0) is 26.7 Å². The van der Waals surface area contributed by atoms with Gasteiger partial charge in [-0.25, -0.2) is 9.50 Å². The average molecular weight is 468 g/mol. The maximum atomic E-state index is 13.0. The molecule has 4 rings (SSSR count). The van der Waals surface area contributed by atoms with Crippen molar-refractivity contribution in [2.75, 3.05) is 13.1 Å². The van der Waals surface area contributed by atoms with Crippen molar-refractivity contribution in [3.63, 3.8) is 0 Å². The van der Waals surface area contributed by atoms with Crippen molar-refractivity contribution >= 4 is 34.7 Å². The Morgan fingerprint density at radius 3 is 2.70 bits per heavy atom. The van der Waals surface area contributed by atoms with Crippen LogP contribution in [0.4, 0.5) is 0 Å². The lowest BCUT2D eigenvalue weighted by Gasteiger charge is -2.31. The first kappa shape index (κ1) is 22.3. The van der Waals surface area contributed by atoms with E-state index in [0.29, 0.717) is 37.3 Å². The molecule has 1 aliphatic heterocycles. The van der Waals surface area contributed by atoms with E-state index >= 15 is 0 Å². The number of nitrogens with one attached hydrogen (secondary N) is 2. The number of carbonyl (C=O) groups excluding carboxylic acids is 3. The highest BCUT2D eigenvalue weighted by atomic mass is 32.1. The summed E-state index contributed by atoms with van der Waals surface area (Å²) < 4.78 is 1.63. The zero-order chi connectivity index (χ0) is 23.5. The molecule has 0 aliphatic carbocycles. The number of hydrogen-bond donors (Lipinski definition) is 2. The van der Waals surface area contributed by atoms with Crippen LogP contribution in [0.1, 0.15) is 62.6 Å². The van der Waals surface area contributed by atoms with Crippen molar-refractivity contribution < 1.29 is 14.4 Å². The van der Waals surface area contributed by atoms with Crippen LogP contribution in [0.15, 0.2) is 11.4 Å². The third-order valence-corrected chi connectivity index (χ3v) is 6.38. The molecule has 1 aliphatic rings.